The summed E-state index contributed by atoms with van der Waals surface area (Å²) in [6.07, 6.45) is 6.72. The van der Waals surface area contributed by atoms with Gasteiger partial charge in [0.25, 0.3) is 0 Å². The van der Waals surface area contributed by atoms with Gasteiger partial charge >= 0.3 is 5.97 Å². The summed E-state index contributed by atoms with van der Waals surface area (Å²) in [5.41, 5.74) is 1.72. The van der Waals surface area contributed by atoms with Crippen molar-refractivity contribution in [3.8, 4) is 0 Å². The molecule has 0 radical (unpaired) electrons. The Morgan fingerprint density at radius 3 is 2.55 bits per heavy atom. The summed E-state index contributed by atoms with van der Waals surface area (Å²) in [4.78, 5) is 38.4. The van der Waals surface area contributed by atoms with E-state index < -0.39 is 11.5 Å². The number of fused-ring (bicyclic) bond motifs is 2. The highest BCUT2D eigenvalue weighted by atomic mass is 35.5. The monoisotopic (exact) mass is 641 g/mol. The lowest BCUT2D eigenvalue weighted by molar-refractivity contribution is -0.128. The fraction of sp³-hybridized carbons (Fsp3) is 0.382. The molecule has 1 saturated carbocycles. The molecule has 2 aromatic carbocycles. The molecule has 5 rings (SSSR count). The Kier molecular flexibility index (Phi) is 11.2. The van der Waals surface area contributed by atoms with Gasteiger partial charge in [0.15, 0.2) is 0 Å². The van der Waals surface area contributed by atoms with Gasteiger partial charge < -0.3 is 14.8 Å². The molecule has 1 saturated heterocycles. The van der Waals surface area contributed by atoms with E-state index in [-0.39, 0.29) is 23.6 Å². The molecule has 0 aromatic heterocycles. The summed E-state index contributed by atoms with van der Waals surface area (Å²) < 4.78 is 21.4. The van der Waals surface area contributed by atoms with Gasteiger partial charge in [0, 0.05) is 53.4 Å². The SMILES string of the molecule is C=C(Cl)/C=C\C=C(/F)C1[C@H](CN(CC)Cc2ccc(C(=O)OC)cc2)CN(CC2CC2)[C@@]12C(=O)Nc1cc(Cl)ccc12.C=O. The summed E-state index contributed by atoms with van der Waals surface area (Å²) in [6.45, 7) is 11.0. The normalized spacial score (nSPS) is 23.0. The summed E-state index contributed by atoms with van der Waals surface area (Å²) in [6, 6.07) is 12.7. The number of benzene rings is 2. The van der Waals surface area contributed by atoms with Crippen LogP contribution in [0.25, 0.3) is 0 Å². The molecule has 2 fully saturated rings. The van der Waals surface area contributed by atoms with Crippen molar-refractivity contribution < 1.29 is 23.5 Å². The van der Waals surface area contributed by atoms with Gasteiger partial charge in [-0.3, -0.25) is 14.6 Å². The number of likely N-dealkylation sites (tertiary alicyclic amines) is 1. The average molecular weight is 643 g/mol. The molecule has 2 aliphatic heterocycles. The maximum Gasteiger partial charge on any atom is 0.337 e. The van der Waals surface area contributed by atoms with E-state index in [1.165, 1.54) is 13.2 Å². The summed E-state index contributed by atoms with van der Waals surface area (Å²) in [5.74, 6) is -1.40. The number of methoxy groups -OCH3 is 1. The first-order valence-electron chi connectivity index (χ1n) is 14.6. The molecule has 10 heteroatoms. The molecule has 1 aliphatic carbocycles. The number of hydrogen-bond donors (Lipinski definition) is 1. The minimum atomic E-state index is -1.19. The van der Waals surface area contributed by atoms with Gasteiger partial charge in [0.2, 0.25) is 5.91 Å². The summed E-state index contributed by atoms with van der Waals surface area (Å²) >= 11 is 12.2. The Morgan fingerprint density at radius 1 is 1.23 bits per heavy atom. The molecule has 1 amide bonds. The van der Waals surface area contributed by atoms with Crippen LogP contribution in [0.1, 0.15) is 41.3 Å². The third kappa shape index (κ3) is 6.99. The Hall–Kier alpha value is -3.30. The number of esters is 1. The molecule has 44 heavy (non-hydrogen) atoms. The van der Waals surface area contributed by atoms with Crippen LogP contribution in [-0.4, -0.2) is 61.8 Å². The van der Waals surface area contributed by atoms with Crippen LogP contribution in [0.15, 0.2) is 78.1 Å². The van der Waals surface area contributed by atoms with Crippen LogP contribution in [0, 0.1) is 17.8 Å². The number of nitrogens with zero attached hydrogens (tertiary/aromatic N) is 2. The van der Waals surface area contributed by atoms with Crippen LogP contribution in [0.4, 0.5) is 10.1 Å². The average Bonchev–Trinajstić information content (AvgIpc) is 3.71. The second-order valence-corrected chi connectivity index (χ2v) is 12.3. The van der Waals surface area contributed by atoms with Crippen molar-refractivity contribution in [2.45, 2.75) is 31.8 Å². The highest BCUT2D eigenvalue weighted by Gasteiger charge is 2.64. The number of amides is 1. The molecule has 1 N–H and O–H groups in total. The molecule has 2 aromatic rings. The second kappa shape index (κ2) is 14.7. The largest absolute Gasteiger partial charge is 0.465 e. The fourth-order valence-corrected chi connectivity index (χ4v) is 6.76. The van der Waals surface area contributed by atoms with Crippen molar-refractivity contribution in [2.75, 3.05) is 38.6 Å². The van der Waals surface area contributed by atoms with Gasteiger partial charge in [0.05, 0.1) is 12.7 Å². The van der Waals surface area contributed by atoms with Crippen LogP contribution >= 0.6 is 23.2 Å². The highest BCUT2D eigenvalue weighted by Crippen LogP contribution is 2.56. The number of nitrogens with one attached hydrogen (secondary N) is 1. The maximum atomic E-state index is 16.6. The smallest absolute Gasteiger partial charge is 0.337 e. The number of ether oxygens (including phenoxy) is 1. The third-order valence-corrected chi connectivity index (χ3v) is 8.95. The minimum absolute atomic E-state index is 0.186. The van der Waals surface area contributed by atoms with Crippen LogP contribution in [0.5, 0.6) is 0 Å². The lowest BCUT2D eigenvalue weighted by Gasteiger charge is -2.38. The molecule has 3 atom stereocenters. The zero-order chi connectivity index (χ0) is 32.0. The minimum Gasteiger partial charge on any atom is -0.465 e. The Balaban J connectivity index is 0.00000216. The van der Waals surface area contributed by atoms with Gasteiger partial charge in [-0.1, -0.05) is 61.0 Å². The molecule has 1 spiro atoms. The van der Waals surface area contributed by atoms with Crippen molar-refractivity contribution >= 4 is 47.6 Å². The number of carbonyl (C=O) groups excluding carboxylic acids is 3. The second-order valence-electron chi connectivity index (χ2n) is 11.4. The number of allylic oxidation sites excluding steroid dienone is 4. The van der Waals surface area contributed by atoms with Crippen molar-refractivity contribution in [3.63, 3.8) is 0 Å². The van der Waals surface area contributed by atoms with E-state index in [9.17, 15) is 9.59 Å². The fourth-order valence-electron chi connectivity index (χ4n) is 6.51. The van der Waals surface area contributed by atoms with E-state index in [0.717, 1.165) is 37.1 Å². The van der Waals surface area contributed by atoms with E-state index in [0.29, 0.717) is 46.9 Å². The van der Waals surface area contributed by atoms with Gasteiger partial charge in [-0.15, -0.1) is 0 Å². The first-order chi connectivity index (χ1) is 21.2. The van der Waals surface area contributed by atoms with Gasteiger partial charge in [-0.25, -0.2) is 9.18 Å². The quantitative estimate of drug-likeness (QED) is 0.216. The Labute approximate surface area is 268 Å². The molecule has 1 unspecified atom stereocenters. The van der Waals surface area contributed by atoms with Crippen LogP contribution in [0.3, 0.4) is 0 Å². The standard InChI is InChI=1S/C33H36Cl2FN3O3.CH2O/c1-4-38(17-22-10-12-24(13-11-22)31(40)42-3)19-25-20-39(18-23-8-9-23)33(30(25)28(36)7-5-6-21(2)34)27-15-14-26(35)16-29(27)37-32(33)41;1-2/h5-7,10-16,23,25,30H,2,4,8-9,17-20H2,1,3H3,(H,37,41);1H2/b6-5-,28-7-;/t25-,30?,33-;/m1./s1. The van der Waals surface area contributed by atoms with E-state index in [1.54, 1.807) is 36.4 Å². The Morgan fingerprint density at radius 2 is 1.93 bits per heavy atom. The maximum absolute atomic E-state index is 16.6. The number of hydrogen-bond acceptors (Lipinski definition) is 6. The van der Waals surface area contributed by atoms with Crippen molar-refractivity contribution in [2.24, 2.45) is 17.8 Å². The first kappa shape index (κ1) is 33.6. The van der Waals surface area contributed by atoms with Crippen molar-refractivity contribution in [1.29, 1.82) is 0 Å². The predicted octanol–water partition coefficient (Wildman–Crippen LogP) is 6.73. The van der Waals surface area contributed by atoms with Crippen molar-refractivity contribution in [3.05, 3.63) is 99.8 Å². The summed E-state index contributed by atoms with van der Waals surface area (Å²) in [7, 11) is 1.36. The topological polar surface area (TPSA) is 79.0 Å². The van der Waals surface area contributed by atoms with Crippen LogP contribution < -0.4 is 5.32 Å². The molecule has 3 aliphatic rings. The van der Waals surface area contributed by atoms with Gasteiger partial charge in [-0.05, 0) is 73.2 Å². The summed E-state index contributed by atoms with van der Waals surface area (Å²) in [5, 5.41) is 3.84. The number of rotatable bonds is 11. The first-order valence-corrected chi connectivity index (χ1v) is 15.4. The molecule has 234 valence electrons. The lowest BCUT2D eigenvalue weighted by atomic mass is 9.74. The van der Waals surface area contributed by atoms with E-state index in [2.05, 4.69) is 28.6 Å². The van der Waals surface area contributed by atoms with Gasteiger partial charge in [-0.2, -0.15) is 0 Å². The van der Waals surface area contributed by atoms with Crippen molar-refractivity contribution in [1.82, 2.24) is 9.80 Å². The lowest BCUT2D eigenvalue weighted by Crippen LogP contribution is -2.51. The van der Waals surface area contributed by atoms with Crippen LogP contribution in [-0.2, 0) is 26.4 Å². The molecule has 2 heterocycles. The third-order valence-electron chi connectivity index (χ3n) is 8.59. The zero-order valence-corrected chi connectivity index (χ0v) is 26.5. The van der Waals surface area contributed by atoms with E-state index in [1.807, 2.05) is 25.0 Å². The number of carbonyl (C=O) groups is 3. The molecular formula is C34H38Cl2FN3O4. The highest BCUT2D eigenvalue weighted by molar-refractivity contribution is 6.31. The van der Waals surface area contributed by atoms with Gasteiger partial charge in [0.1, 0.15) is 18.2 Å². The van der Waals surface area contributed by atoms with Crippen LogP contribution in [0.2, 0.25) is 5.02 Å². The van der Waals surface area contributed by atoms with E-state index >= 15 is 4.39 Å². The number of anilines is 1. The van der Waals surface area contributed by atoms with E-state index in [4.69, 9.17) is 32.7 Å². The zero-order valence-electron chi connectivity index (χ0n) is 25.0. The predicted molar refractivity (Wildman–Crippen MR) is 172 cm³/mol. The molecular weight excluding hydrogens is 604 g/mol. The molecule has 7 nitrogen and oxygen atoms in total. The molecule has 0 bridgehead atoms. The Bertz CT molecular complexity index is 1440. The number of halogens is 3.